The summed E-state index contributed by atoms with van der Waals surface area (Å²) in [4.78, 5) is 15.0. The molecule has 3 heteroatoms. The van der Waals surface area contributed by atoms with Crippen LogP contribution in [0.25, 0.3) is 0 Å². The van der Waals surface area contributed by atoms with Crippen molar-refractivity contribution in [2.45, 2.75) is 39.3 Å². The predicted octanol–water partition coefficient (Wildman–Crippen LogP) is 4.11. The number of carbonyl (C=O) groups excluding carboxylic acids is 1. The highest BCUT2D eigenvalue weighted by Crippen LogP contribution is 2.30. The van der Waals surface area contributed by atoms with Crippen molar-refractivity contribution in [2.24, 2.45) is 0 Å². The molecule has 0 spiro atoms. The minimum Gasteiger partial charge on any atom is -0.343 e. The van der Waals surface area contributed by atoms with Crippen molar-refractivity contribution in [3.8, 4) is 0 Å². The quantitative estimate of drug-likeness (QED) is 0.897. The van der Waals surface area contributed by atoms with Crippen molar-refractivity contribution in [1.82, 2.24) is 10.2 Å². The second kappa shape index (κ2) is 7.18. The van der Waals surface area contributed by atoms with Gasteiger partial charge in [-0.3, -0.25) is 4.79 Å². The number of nitrogens with zero attached hydrogens (tertiary/aromatic N) is 1. The molecule has 0 aromatic heterocycles. The summed E-state index contributed by atoms with van der Waals surface area (Å²) in [6.45, 7) is 8.31. The van der Waals surface area contributed by atoms with Crippen LogP contribution in [0.1, 0.15) is 46.9 Å². The fourth-order valence-electron chi connectivity index (χ4n) is 2.85. The van der Waals surface area contributed by atoms with Crippen LogP contribution in [-0.2, 0) is 0 Å². The third-order valence-corrected chi connectivity index (χ3v) is 4.89. The first-order valence-electron chi connectivity index (χ1n) is 8.34. The van der Waals surface area contributed by atoms with Gasteiger partial charge in [0.15, 0.2) is 0 Å². The zero-order valence-corrected chi connectivity index (χ0v) is 15.6. The Balaban J connectivity index is 2.37. The molecule has 2 aromatic carbocycles. The fraction of sp³-hybridized carbons (Fsp3) is 0.381. The average Bonchev–Trinajstić information content (AvgIpc) is 2.52. The fourth-order valence-corrected chi connectivity index (χ4v) is 2.85. The lowest BCUT2D eigenvalue weighted by Crippen LogP contribution is -2.50. The smallest absolute Gasteiger partial charge is 0.252 e. The topological polar surface area (TPSA) is 32.3 Å². The Bertz CT molecular complexity index is 705. The van der Waals surface area contributed by atoms with Crippen LogP contribution >= 0.6 is 0 Å². The molecule has 1 unspecified atom stereocenters. The zero-order chi connectivity index (χ0) is 17.9. The Morgan fingerprint density at radius 3 is 2.21 bits per heavy atom. The minimum atomic E-state index is -0.227. The van der Waals surface area contributed by atoms with Gasteiger partial charge in [-0.05, 0) is 59.0 Å². The second-order valence-electron chi connectivity index (χ2n) is 7.18. The largest absolute Gasteiger partial charge is 0.343 e. The first-order chi connectivity index (χ1) is 11.2. The van der Waals surface area contributed by atoms with Crippen LogP contribution in [0.2, 0.25) is 0 Å². The van der Waals surface area contributed by atoms with Crippen LogP contribution < -0.4 is 5.32 Å². The summed E-state index contributed by atoms with van der Waals surface area (Å²) in [5.41, 5.74) is 3.78. The molecule has 2 aromatic rings. The van der Waals surface area contributed by atoms with Crippen LogP contribution in [0, 0.1) is 13.8 Å². The molecule has 1 N–H and O–H groups in total. The highest BCUT2D eigenvalue weighted by atomic mass is 16.1. The van der Waals surface area contributed by atoms with Crippen LogP contribution in [-0.4, -0.2) is 30.4 Å². The summed E-state index contributed by atoms with van der Waals surface area (Å²) in [5.74, 6) is -0.0312. The Labute approximate surface area is 145 Å². The highest BCUT2D eigenvalue weighted by molar-refractivity contribution is 5.96. The lowest BCUT2D eigenvalue weighted by Gasteiger charge is -2.41. The summed E-state index contributed by atoms with van der Waals surface area (Å²) < 4.78 is 0. The van der Waals surface area contributed by atoms with Crippen molar-refractivity contribution in [3.05, 3.63) is 70.8 Å². The van der Waals surface area contributed by atoms with Gasteiger partial charge >= 0.3 is 0 Å². The monoisotopic (exact) mass is 324 g/mol. The van der Waals surface area contributed by atoms with Gasteiger partial charge in [0.25, 0.3) is 5.91 Å². The standard InChI is InChI=1S/C21H28N2O/c1-15-12-13-18(16(2)14-15)20(24)22-19(21(3,4)23(5)6)17-10-8-7-9-11-17/h7-14,19H,1-6H3,(H,22,24). The van der Waals surface area contributed by atoms with Gasteiger partial charge in [-0.2, -0.15) is 0 Å². The molecular formula is C21H28N2O. The third-order valence-electron chi connectivity index (χ3n) is 4.89. The van der Waals surface area contributed by atoms with Gasteiger partial charge in [0.1, 0.15) is 0 Å². The van der Waals surface area contributed by atoms with Gasteiger partial charge in [0.2, 0.25) is 0 Å². The predicted molar refractivity (Wildman–Crippen MR) is 100 cm³/mol. The summed E-state index contributed by atoms with van der Waals surface area (Å²) in [5, 5.41) is 3.25. The van der Waals surface area contributed by atoms with Crippen molar-refractivity contribution in [1.29, 1.82) is 0 Å². The van der Waals surface area contributed by atoms with E-state index in [0.29, 0.717) is 0 Å². The molecule has 0 aliphatic heterocycles. The first-order valence-corrected chi connectivity index (χ1v) is 8.34. The summed E-state index contributed by atoms with van der Waals surface area (Å²) in [6, 6.07) is 16.0. The summed E-state index contributed by atoms with van der Waals surface area (Å²) >= 11 is 0. The number of hydrogen-bond acceptors (Lipinski definition) is 2. The lowest BCUT2D eigenvalue weighted by molar-refractivity contribution is 0.0840. The molecule has 0 heterocycles. The Hall–Kier alpha value is -2.13. The number of aryl methyl sites for hydroxylation is 2. The molecular weight excluding hydrogens is 296 g/mol. The molecule has 0 aliphatic rings. The first kappa shape index (κ1) is 18.2. The van der Waals surface area contributed by atoms with E-state index in [-0.39, 0.29) is 17.5 Å². The maximum Gasteiger partial charge on any atom is 0.252 e. The maximum atomic E-state index is 12.9. The molecule has 3 nitrogen and oxygen atoms in total. The molecule has 1 amide bonds. The summed E-state index contributed by atoms with van der Waals surface area (Å²) in [7, 11) is 4.08. The number of likely N-dealkylation sites (N-methyl/N-ethyl adjacent to an activating group) is 1. The van der Waals surface area contributed by atoms with Crippen LogP contribution in [0.5, 0.6) is 0 Å². The molecule has 128 valence electrons. The van der Waals surface area contributed by atoms with E-state index < -0.39 is 0 Å². The Morgan fingerprint density at radius 2 is 1.67 bits per heavy atom. The average molecular weight is 324 g/mol. The molecule has 0 bridgehead atoms. The van der Waals surface area contributed by atoms with E-state index in [9.17, 15) is 4.79 Å². The molecule has 2 rings (SSSR count). The highest BCUT2D eigenvalue weighted by Gasteiger charge is 2.34. The van der Waals surface area contributed by atoms with Gasteiger partial charge < -0.3 is 10.2 Å². The van der Waals surface area contributed by atoms with Crippen molar-refractivity contribution < 1.29 is 4.79 Å². The molecule has 24 heavy (non-hydrogen) atoms. The maximum absolute atomic E-state index is 12.9. The second-order valence-corrected chi connectivity index (χ2v) is 7.18. The summed E-state index contributed by atoms with van der Waals surface area (Å²) in [6.07, 6.45) is 0. The van der Waals surface area contributed by atoms with Gasteiger partial charge in [-0.25, -0.2) is 0 Å². The van der Waals surface area contributed by atoms with E-state index in [4.69, 9.17) is 0 Å². The normalized spacial score (nSPS) is 13.0. The number of hydrogen-bond donors (Lipinski definition) is 1. The zero-order valence-electron chi connectivity index (χ0n) is 15.6. The molecule has 0 radical (unpaired) electrons. The molecule has 0 saturated carbocycles. The number of rotatable bonds is 5. The molecule has 1 atom stereocenters. The Morgan fingerprint density at radius 1 is 1.04 bits per heavy atom. The van der Waals surface area contributed by atoms with Crippen molar-refractivity contribution in [3.63, 3.8) is 0 Å². The number of amides is 1. The minimum absolute atomic E-state index is 0.0312. The van der Waals surface area contributed by atoms with E-state index in [2.05, 4.69) is 36.2 Å². The van der Waals surface area contributed by atoms with E-state index in [1.54, 1.807) is 0 Å². The molecule has 0 aliphatic carbocycles. The number of nitrogens with one attached hydrogen (secondary N) is 1. The van der Waals surface area contributed by atoms with Gasteiger partial charge in [-0.15, -0.1) is 0 Å². The van der Waals surface area contributed by atoms with Gasteiger partial charge in [0, 0.05) is 11.1 Å². The van der Waals surface area contributed by atoms with E-state index >= 15 is 0 Å². The van der Waals surface area contributed by atoms with Gasteiger partial charge in [0.05, 0.1) is 6.04 Å². The SMILES string of the molecule is Cc1ccc(C(=O)NC(c2ccccc2)C(C)(C)N(C)C)c(C)c1. The van der Waals surface area contributed by atoms with E-state index in [1.807, 2.05) is 64.3 Å². The van der Waals surface area contributed by atoms with Crippen LogP contribution in [0.3, 0.4) is 0 Å². The van der Waals surface area contributed by atoms with Crippen LogP contribution in [0.4, 0.5) is 0 Å². The molecule has 0 saturated heterocycles. The van der Waals surface area contributed by atoms with E-state index in [0.717, 1.165) is 22.3 Å². The number of benzene rings is 2. The van der Waals surface area contributed by atoms with Crippen LogP contribution in [0.15, 0.2) is 48.5 Å². The number of carbonyl (C=O) groups is 1. The molecule has 0 fully saturated rings. The van der Waals surface area contributed by atoms with E-state index in [1.165, 1.54) is 0 Å². The van der Waals surface area contributed by atoms with Crippen molar-refractivity contribution >= 4 is 5.91 Å². The Kier molecular flexibility index (Phi) is 5.45. The lowest BCUT2D eigenvalue weighted by atomic mass is 9.87. The third kappa shape index (κ3) is 3.85. The van der Waals surface area contributed by atoms with Crippen molar-refractivity contribution in [2.75, 3.05) is 14.1 Å². The van der Waals surface area contributed by atoms with Gasteiger partial charge in [-0.1, -0.05) is 48.0 Å².